The summed E-state index contributed by atoms with van der Waals surface area (Å²) in [7, 11) is 1.50. The fraction of sp³-hybridized carbons (Fsp3) is 0.333. The van der Waals surface area contributed by atoms with Gasteiger partial charge in [-0.1, -0.05) is 24.2 Å². The van der Waals surface area contributed by atoms with Gasteiger partial charge in [-0.15, -0.1) is 0 Å². The number of fused-ring (bicyclic) bond motifs is 1. The first-order chi connectivity index (χ1) is 12.7. The second kappa shape index (κ2) is 6.62. The van der Waals surface area contributed by atoms with Crippen LogP contribution < -0.4 is 10.1 Å². The third-order valence-corrected chi connectivity index (χ3v) is 4.61. The van der Waals surface area contributed by atoms with Crippen molar-refractivity contribution >= 4 is 5.91 Å². The summed E-state index contributed by atoms with van der Waals surface area (Å²) in [6.45, 7) is 1.97. The molecule has 0 radical (unpaired) electrons. The fourth-order valence-corrected chi connectivity index (χ4v) is 3.25. The molecule has 1 amide bonds. The fourth-order valence-electron chi connectivity index (χ4n) is 3.25. The van der Waals surface area contributed by atoms with Crippen LogP contribution in [-0.4, -0.2) is 33.4 Å². The number of nitrogens with zero attached hydrogens (tertiary/aromatic N) is 3. The highest BCUT2D eigenvalue weighted by molar-refractivity contribution is 5.96. The summed E-state index contributed by atoms with van der Waals surface area (Å²) in [5.74, 6) is 1.38. The number of rotatable bonds is 5. The predicted molar refractivity (Wildman–Crippen MR) is 92.8 cm³/mol. The molecule has 134 valence electrons. The number of hydrogen-bond donors (Lipinski definition) is 2. The summed E-state index contributed by atoms with van der Waals surface area (Å²) in [6.07, 6.45) is 3.91. The first-order valence-corrected chi connectivity index (χ1v) is 8.53. The Hall–Kier alpha value is -3.16. The number of carbonyl (C=O) groups is 1. The van der Waals surface area contributed by atoms with E-state index in [2.05, 4.69) is 31.7 Å². The Morgan fingerprint density at radius 2 is 2.35 bits per heavy atom. The van der Waals surface area contributed by atoms with Crippen molar-refractivity contribution in [3.63, 3.8) is 0 Å². The standard InChI is InChI=1S/C18H19N5O3/c1-3-15-21-16(23-26-15)11-4-6-12-10(8-11)5-7-14(12)20-17(24)13-9-19-22-18(13)25-2/h4,6,8-9,14H,3,5,7H2,1-2H3,(H,19,22)(H,20,24)/t14-/m1/s1. The van der Waals surface area contributed by atoms with Crippen LogP contribution in [-0.2, 0) is 12.8 Å². The molecule has 0 fully saturated rings. The monoisotopic (exact) mass is 353 g/mol. The van der Waals surface area contributed by atoms with E-state index >= 15 is 0 Å². The number of hydrogen-bond acceptors (Lipinski definition) is 6. The zero-order valence-corrected chi connectivity index (χ0v) is 14.6. The molecule has 3 aromatic rings. The summed E-state index contributed by atoms with van der Waals surface area (Å²) in [5.41, 5.74) is 3.63. The normalized spacial score (nSPS) is 15.7. The van der Waals surface area contributed by atoms with E-state index in [9.17, 15) is 4.79 Å². The molecular formula is C18H19N5O3. The van der Waals surface area contributed by atoms with Crippen molar-refractivity contribution in [2.24, 2.45) is 0 Å². The molecule has 8 nitrogen and oxygen atoms in total. The van der Waals surface area contributed by atoms with Crippen LogP contribution in [0.15, 0.2) is 28.9 Å². The van der Waals surface area contributed by atoms with Gasteiger partial charge in [0.1, 0.15) is 5.56 Å². The highest BCUT2D eigenvalue weighted by Crippen LogP contribution is 2.34. The lowest BCUT2D eigenvalue weighted by molar-refractivity contribution is 0.0933. The highest BCUT2D eigenvalue weighted by atomic mass is 16.5. The van der Waals surface area contributed by atoms with Crippen LogP contribution in [0.3, 0.4) is 0 Å². The molecule has 0 unspecified atom stereocenters. The molecule has 2 aromatic heterocycles. The van der Waals surface area contributed by atoms with E-state index in [0.29, 0.717) is 29.6 Å². The van der Waals surface area contributed by atoms with Gasteiger partial charge in [0, 0.05) is 12.0 Å². The number of ether oxygens (including phenoxy) is 1. The van der Waals surface area contributed by atoms with E-state index in [-0.39, 0.29) is 11.9 Å². The average molecular weight is 353 g/mol. The zero-order valence-electron chi connectivity index (χ0n) is 14.6. The van der Waals surface area contributed by atoms with E-state index in [1.165, 1.54) is 18.9 Å². The molecule has 1 aromatic carbocycles. The SMILES string of the molecule is CCc1nc(-c2ccc3c(c2)CC[C@H]3NC(=O)c2cn[nH]c2OC)no1. The van der Waals surface area contributed by atoms with Gasteiger partial charge in [-0.25, -0.2) is 5.10 Å². The number of methoxy groups -OCH3 is 1. The van der Waals surface area contributed by atoms with Crippen LogP contribution >= 0.6 is 0 Å². The third-order valence-electron chi connectivity index (χ3n) is 4.61. The molecule has 26 heavy (non-hydrogen) atoms. The van der Waals surface area contributed by atoms with E-state index in [4.69, 9.17) is 9.26 Å². The maximum absolute atomic E-state index is 12.5. The van der Waals surface area contributed by atoms with Gasteiger partial charge in [-0.05, 0) is 30.0 Å². The smallest absolute Gasteiger partial charge is 0.258 e. The van der Waals surface area contributed by atoms with Crippen LogP contribution in [0.1, 0.15) is 46.8 Å². The summed E-state index contributed by atoms with van der Waals surface area (Å²) in [5, 5.41) is 13.6. The largest absolute Gasteiger partial charge is 0.481 e. The van der Waals surface area contributed by atoms with Crippen molar-refractivity contribution in [3.05, 3.63) is 47.0 Å². The van der Waals surface area contributed by atoms with E-state index in [1.54, 1.807) is 0 Å². The number of aryl methyl sites for hydroxylation is 2. The number of aromatic amines is 1. The van der Waals surface area contributed by atoms with E-state index in [1.807, 2.05) is 19.1 Å². The van der Waals surface area contributed by atoms with Crippen molar-refractivity contribution in [2.45, 2.75) is 32.2 Å². The molecule has 2 heterocycles. The molecular weight excluding hydrogens is 334 g/mol. The molecule has 1 aliphatic rings. The van der Waals surface area contributed by atoms with Crippen LogP contribution in [0, 0.1) is 0 Å². The average Bonchev–Trinajstić information content (AvgIpc) is 3.40. The molecule has 0 aliphatic heterocycles. The Kier molecular flexibility index (Phi) is 4.16. The number of nitrogens with one attached hydrogen (secondary N) is 2. The van der Waals surface area contributed by atoms with Gasteiger partial charge in [-0.3, -0.25) is 4.79 Å². The summed E-state index contributed by atoms with van der Waals surface area (Å²) in [4.78, 5) is 16.9. The minimum atomic E-state index is -0.205. The van der Waals surface area contributed by atoms with Crippen LogP contribution in [0.2, 0.25) is 0 Å². The molecule has 0 saturated carbocycles. The second-order valence-corrected chi connectivity index (χ2v) is 6.16. The van der Waals surface area contributed by atoms with Gasteiger partial charge in [0.05, 0.1) is 19.3 Å². The van der Waals surface area contributed by atoms with Gasteiger partial charge in [0.2, 0.25) is 17.6 Å². The highest BCUT2D eigenvalue weighted by Gasteiger charge is 2.26. The lowest BCUT2D eigenvalue weighted by atomic mass is 10.0. The summed E-state index contributed by atoms with van der Waals surface area (Å²) >= 11 is 0. The summed E-state index contributed by atoms with van der Waals surface area (Å²) < 4.78 is 10.3. The number of benzene rings is 1. The van der Waals surface area contributed by atoms with Gasteiger partial charge in [0.15, 0.2) is 0 Å². The van der Waals surface area contributed by atoms with Crippen LogP contribution in [0.4, 0.5) is 0 Å². The Balaban J connectivity index is 1.54. The number of amides is 1. The second-order valence-electron chi connectivity index (χ2n) is 6.16. The molecule has 4 rings (SSSR count). The van der Waals surface area contributed by atoms with Gasteiger partial charge < -0.3 is 14.6 Å². The molecule has 1 atom stereocenters. The maximum atomic E-state index is 12.5. The van der Waals surface area contributed by atoms with Gasteiger partial charge in [-0.2, -0.15) is 10.1 Å². The minimum absolute atomic E-state index is 0.0392. The van der Waals surface area contributed by atoms with Crippen LogP contribution in [0.5, 0.6) is 5.88 Å². The molecule has 0 saturated heterocycles. The van der Waals surface area contributed by atoms with Crippen molar-refractivity contribution in [1.82, 2.24) is 25.7 Å². The Labute approximate surface area is 150 Å². The molecule has 8 heteroatoms. The molecule has 0 spiro atoms. The topological polar surface area (TPSA) is 106 Å². The van der Waals surface area contributed by atoms with Gasteiger partial charge >= 0.3 is 0 Å². The molecule has 2 N–H and O–H groups in total. The van der Waals surface area contributed by atoms with Crippen molar-refractivity contribution < 1.29 is 14.1 Å². The lowest BCUT2D eigenvalue weighted by Crippen LogP contribution is -2.27. The van der Waals surface area contributed by atoms with Crippen molar-refractivity contribution in [2.75, 3.05) is 7.11 Å². The summed E-state index contributed by atoms with van der Waals surface area (Å²) in [6, 6.07) is 6.02. The number of aromatic nitrogens is 4. The third kappa shape index (κ3) is 2.83. The zero-order chi connectivity index (χ0) is 18.1. The van der Waals surface area contributed by atoms with E-state index < -0.39 is 0 Å². The number of carbonyl (C=O) groups excluding carboxylic acids is 1. The first kappa shape index (κ1) is 16.3. The molecule has 0 bridgehead atoms. The number of H-pyrrole nitrogens is 1. The Morgan fingerprint density at radius 1 is 1.46 bits per heavy atom. The first-order valence-electron chi connectivity index (χ1n) is 8.53. The lowest BCUT2D eigenvalue weighted by Gasteiger charge is -2.14. The maximum Gasteiger partial charge on any atom is 0.258 e. The predicted octanol–water partition coefficient (Wildman–Crippen LogP) is 2.45. The van der Waals surface area contributed by atoms with Crippen molar-refractivity contribution in [3.8, 4) is 17.3 Å². The minimum Gasteiger partial charge on any atom is -0.481 e. The van der Waals surface area contributed by atoms with Crippen molar-refractivity contribution in [1.29, 1.82) is 0 Å². The Morgan fingerprint density at radius 3 is 3.12 bits per heavy atom. The molecule has 1 aliphatic carbocycles. The van der Waals surface area contributed by atoms with Crippen LogP contribution in [0.25, 0.3) is 11.4 Å². The van der Waals surface area contributed by atoms with E-state index in [0.717, 1.165) is 24.0 Å². The Bertz CT molecular complexity index is 946. The van der Waals surface area contributed by atoms with Gasteiger partial charge in [0.25, 0.3) is 5.91 Å². The quantitative estimate of drug-likeness (QED) is 0.730.